The van der Waals surface area contributed by atoms with Crippen molar-refractivity contribution < 1.29 is 4.79 Å². The Hall–Kier alpha value is -2.57. The van der Waals surface area contributed by atoms with Gasteiger partial charge in [0.1, 0.15) is 12.4 Å². The first-order chi connectivity index (χ1) is 10.5. The van der Waals surface area contributed by atoms with Crippen LogP contribution in [0, 0.1) is 6.92 Å². The molecule has 0 saturated heterocycles. The molecule has 0 aromatic carbocycles. The van der Waals surface area contributed by atoms with E-state index in [1.165, 1.54) is 0 Å². The van der Waals surface area contributed by atoms with Crippen LogP contribution in [0.25, 0.3) is 0 Å². The number of anilines is 2. The molecule has 0 bridgehead atoms. The summed E-state index contributed by atoms with van der Waals surface area (Å²) in [5, 5.41) is 5.98. The summed E-state index contributed by atoms with van der Waals surface area (Å²) in [6.45, 7) is 3.36. The lowest BCUT2D eigenvalue weighted by atomic mass is 10.4. The fourth-order valence-electron chi connectivity index (χ4n) is 1.93. The average Bonchev–Trinajstić information content (AvgIpc) is 2.96. The van der Waals surface area contributed by atoms with E-state index < -0.39 is 0 Å². The molecule has 118 valence electrons. The molecule has 7 heteroatoms. The zero-order chi connectivity index (χ0) is 15.9. The van der Waals surface area contributed by atoms with Crippen LogP contribution in [-0.4, -0.2) is 47.6 Å². The third kappa shape index (κ3) is 4.76. The van der Waals surface area contributed by atoms with Gasteiger partial charge in [-0.1, -0.05) is 0 Å². The smallest absolute Gasteiger partial charge is 0.239 e. The van der Waals surface area contributed by atoms with E-state index in [9.17, 15) is 4.79 Å². The molecule has 2 heterocycles. The summed E-state index contributed by atoms with van der Waals surface area (Å²) in [4.78, 5) is 22.4. The highest BCUT2D eigenvalue weighted by molar-refractivity contribution is 5.75. The fourth-order valence-corrected chi connectivity index (χ4v) is 1.93. The summed E-state index contributed by atoms with van der Waals surface area (Å²) < 4.78 is 1.83. The molecule has 0 radical (unpaired) electrons. The van der Waals surface area contributed by atoms with Gasteiger partial charge in [-0.15, -0.1) is 0 Å². The highest BCUT2D eigenvalue weighted by Crippen LogP contribution is 2.11. The lowest BCUT2D eigenvalue weighted by molar-refractivity contribution is -0.121. The van der Waals surface area contributed by atoms with Crippen LogP contribution in [0.15, 0.2) is 30.6 Å². The minimum absolute atomic E-state index is 0.0165. The molecule has 2 aromatic heterocycles. The number of nitrogens with one attached hydrogen (secondary N) is 2. The van der Waals surface area contributed by atoms with E-state index in [0.717, 1.165) is 11.5 Å². The molecule has 22 heavy (non-hydrogen) atoms. The Morgan fingerprint density at radius 2 is 1.95 bits per heavy atom. The summed E-state index contributed by atoms with van der Waals surface area (Å²) in [5.74, 6) is 1.41. The lowest BCUT2D eigenvalue weighted by Gasteiger charge is -2.14. The van der Waals surface area contributed by atoms with Gasteiger partial charge in [-0.2, -0.15) is 4.98 Å². The first-order valence-electron chi connectivity index (χ1n) is 7.19. The van der Waals surface area contributed by atoms with Crippen molar-refractivity contribution in [2.45, 2.75) is 13.5 Å². The average molecular weight is 302 g/mol. The van der Waals surface area contributed by atoms with E-state index in [1.54, 1.807) is 0 Å². The van der Waals surface area contributed by atoms with E-state index in [1.807, 2.05) is 61.1 Å². The monoisotopic (exact) mass is 302 g/mol. The Morgan fingerprint density at radius 1 is 1.23 bits per heavy atom. The van der Waals surface area contributed by atoms with E-state index >= 15 is 0 Å². The topological polar surface area (TPSA) is 75.1 Å². The van der Waals surface area contributed by atoms with Crippen molar-refractivity contribution in [2.24, 2.45) is 0 Å². The molecule has 7 nitrogen and oxygen atoms in total. The fraction of sp³-hybridized carbons (Fsp3) is 0.400. The normalized spacial score (nSPS) is 10.3. The molecule has 2 rings (SSSR count). The molecule has 0 unspecified atom stereocenters. The summed E-state index contributed by atoms with van der Waals surface area (Å²) in [6, 6.07) is 5.71. The predicted octanol–water partition coefficient (Wildman–Crippen LogP) is 0.881. The van der Waals surface area contributed by atoms with Crippen molar-refractivity contribution >= 4 is 17.7 Å². The number of nitrogens with zero attached hydrogens (tertiary/aromatic N) is 4. The van der Waals surface area contributed by atoms with Crippen LogP contribution in [0.1, 0.15) is 5.69 Å². The Labute approximate surface area is 130 Å². The van der Waals surface area contributed by atoms with Crippen molar-refractivity contribution in [3.05, 3.63) is 36.3 Å². The quantitative estimate of drug-likeness (QED) is 0.743. The molecule has 0 aliphatic heterocycles. The molecule has 0 saturated carbocycles. The molecule has 0 aliphatic rings. The Kier molecular flexibility index (Phi) is 5.35. The molecule has 0 atom stereocenters. The zero-order valence-corrected chi connectivity index (χ0v) is 13.2. The summed E-state index contributed by atoms with van der Waals surface area (Å²) in [7, 11) is 3.88. The van der Waals surface area contributed by atoms with Crippen molar-refractivity contribution in [3.63, 3.8) is 0 Å². The van der Waals surface area contributed by atoms with Crippen molar-refractivity contribution in [1.29, 1.82) is 0 Å². The van der Waals surface area contributed by atoms with Crippen LogP contribution in [0.3, 0.4) is 0 Å². The second-order valence-electron chi connectivity index (χ2n) is 5.22. The number of carbonyl (C=O) groups excluding carboxylic acids is 1. The SMILES string of the molecule is Cc1cc(N(C)C)nc(NCCNC(=O)Cn2cccc2)n1. The maximum Gasteiger partial charge on any atom is 0.239 e. The molecular weight excluding hydrogens is 280 g/mol. The summed E-state index contributed by atoms with van der Waals surface area (Å²) >= 11 is 0. The van der Waals surface area contributed by atoms with Crippen LogP contribution in [0.4, 0.5) is 11.8 Å². The molecule has 1 amide bonds. The van der Waals surface area contributed by atoms with Crippen LogP contribution in [0.2, 0.25) is 0 Å². The van der Waals surface area contributed by atoms with Crippen LogP contribution in [-0.2, 0) is 11.3 Å². The highest BCUT2D eigenvalue weighted by Gasteiger charge is 2.04. The lowest BCUT2D eigenvalue weighted by Crippen LogP contribution is -2.31. The third-order valence-corrected chi connectivity index (χ3v) is 3.02. The van der Waals surface area contributed by atoms with E-state index in [-0.39, 0.29) is 5.91 Å². The van der Waals surface area contributed by atoms with E-state index in [4.69, 9.17) is 0 Å². The number of amides is 1. The minimum Gasteiger partial charge on any atom is -0.363 e. The van der Waals surface area contributed by atoms with Crippen LogP contribution in [0.5, 0.6) is 0 Å². The van der Waals surface area contributed by atoms with Crippen molar-refractivity contribution in [2.75, 3.05) is 37.4 Å². The van der Waals surface area contributed by atoms with Gasteiger partial charge in [0.2, 0.25) is 11.9 Å². The Balaban J connectivity index is 1.75. The number of hydrogen-bond donors (Lipinski definition) is 2. The molecule has 2 N–H and O–H groups in total. The van der Waals surface area contributed by atoms with Crippen molar-refractivity contribution in [1.82, 2.24) is 19.9 Å². The molecule has 2 aromatic rings. The van der Waals surface area contributed by atoms with E-state index in [2.05, 4.69) is 20.6 Å². The standard InChI is InChI=1S/C15H22N6O/c1-12-10-13(20(2)3)19-15(18-12)17-7-6-16-14(22)11-21-8-4-5-9-21/h4-5,8-10H,6-7,11H2,1-3H3,(H,16,22)(H,17,18,19). The first kappa shape index (κ1) is 15.8. The predicted molar refractivity (Wildman–Crippen MR) is 87.0 cm³/mol. The van der Waals surface area contributed by atoms with Gasteiger partial charge >= 0.3 is 0 Å². The van der Waals surface area contributed by atoms with Crippen LogP contribution < -0.4 is 15.5 Å². The maximum absolute atomic E-state index is 11.7. The number of carbonyl (C=O) groups is 1. The molecule has 0 fully saturated rings. The molecule has 0 aliphatic carbocycles. The minimum atomic E-state index is -0.0165. The summed E-state index contributed by atoms with van der Waals surface area (Å²) in [6.07, 6.45) is 3.72. The van der Waals surface area contributed by atoms with Gasteiger partial charge < -0.3 is 20.1 Å². The Morgan fingerprint density at radius 3 is 2.64 bits per heavy atom. The van der Waals surface area contributed by atoms with Gasteiger partial charge in [0, 0.05) is 51.3 Å². The molecule has 0 spiro atoms. The third-order valence-electron chi connectivity index (χ3n) is 3.02. The summed E-state index contributed by atoms with van der Waals surface area (Å²) in [5.41, 5.74) is 0.901. The van der Waals surface area contributed by atoms with E-state index in [0.29, 0.717) is 25.6 Å². The van der Waals surface area contributed by atoms with Gasteiger partial charge in [-0.25, -0.2) is 4.98 Å². The maximum atomic E-state index is 11.7. The largest absolute Gasteiger partial charge is 0.363 e. The molecular formula is C15H22N6O. The van der Waals surface area contributed by atoms with Gasteiger partial charge in [-0.3, -0.25) is 4.79 Å². The second-order valence-corrected chi connectivity index (χ2v) is 5.22. The highest BCUT2D eigenvalue weighted by atomic mass is 16.1. The number of aryl methyl sites for hydroxylation is 1. The van der Waals surface area contributed by atoms with Crippen LogP contribution >= 0.6 is 0 Å². The number of hydrogen-bond acceptors (Lipinski definition) is 5. The number of rotatable bonds is 7. The Bertz CT molecular complexity index is 609. The van der Waals surface area contributed by atoms with Gasteiger partial charge in [0.25, 0.3) is 0 Å². The van der Waals surface area contributed by atoms with Gasteiger partial charge in [-0.05, 0) is 19.1 Å². The van der Waals surface area contributed by atoms with Gasteiger partial charge in [0.15, 0.2) is 0 Å². The number of aromatic nitrogens is 3. The van der Waals surface area contributed by atoms with Gasteiger partial charge in [0.05, 0.1) is 0 Å². The van der Waals surface area contributed by atoms with Crippen molar-refractivity contribution in [3.8, 4) is 0 Å². The zero-order valence-electron chi connectivity index (χ0n) is 13.2. The first-order valence-corrected chi connectivity index (χ1v) is 7.19. The second kappa shape index (κ2) is 7.44.